The highest BCUT2D eigenvalue weighted by molar-refractivity contribution is 5.95. The fraction of sp³-hybridized carbons (Fsp3) is 0.333. The van der Waals surface area contributed by atoms with E-state index in [9.17, 15) is 4.79 Å². The normalized spacial score (nSPS) is 9.59. The maximum Gasteiger partial charge on any atom is 0.253 e. The number of nitrogens with zero attached hydrogens (tertiary/aromatic N) is 2. The lowest BCUT2D eigenvalue weighted by molar-refractivity contribution is 0.0954. The van der Waals surface area contributed by atoms with E-state index >= 15 is 0 Å². The van der Waals surface area contributed by atoms with Crippen LogP contribution in [0.3, 0.4) is 0 Å². The van der Waals surface area contributed by atoms with Crippen LogP contribution in [0.4, 0.5) is 0 Å². The van der Waals surface area contributed by atoms with Gasteiger partial charge in [-0.05, 0) is 32.0 Å². The van der Waals surface area contributed by atoms with Gasteiger partial charge in [0.2, 0.25) is 0 Å². The van der Waals surface area contributed by atoms with Crippen LogP contribution in [0.5, 0.6) is 0 Å². The van der Waals surface area contributed by atoms with Crippen LogP contribution in [0, 0.1) is 13.8 Å². The van der Waals surface area contributed by atoms with E-state index < -0.39 is 0 Å². The van der Waals surface area contributed by atoms with Crippen molar-refractivity contribution in [2.45, 2.75) is 20.4 Å². The minimum atomic E-state index is -0.0733. The van der Waals surface area contributed by atoms with Crippen molar-refractivity contribution in [3.05, 3.63) is 53.1 Å². The van der Waals surface area contributed by atoms with Gasteiger partial charge in [-0.25, -0.2) is 0 Å². The van der Waals surface area contributed by atoms with Crippen LogP contribution in [0.25, 0.3) is 0 Å². The molecule has 7 heteroatoms. The fourth-order valence-electron chi connectivity index (χ4n) is 2.21. The number of carbonyl (C=O) groups is 1. The Morgan fingerprint density at radius 3 is 2.64 bits per heavy atom. The van der Waals surface area contributed by atoms with Crippen LogP contribution in [0.1, 0.15) is 27.4 Å². The molecule has 0 saturated heterocycles. The lowest BCUT2D eigenvalue weighted by atomic mass is 10.2. The van der Waals surface area contributed by atoms with Crippen LogP contribution >= 0.6 is 24.8 Å². The molecule has 2 aromatic heterocycles. The molecule has 0 spiro atoms. The summed E-state index contributed by atoms with van der Waals surface area (Å²) in [6.45, 7) is 5.55. The number of nitrogens with one attached hydrogen (secondary N) is 1. The van der Waals surface area contributed by atoms with E-state index in [1.54, 1.807) is 6.20 Å². The van der Waals surface area contributed by atoms with Crippen molar-refractivity contribution in [2.24, 2.45) is 5.73 Å². The van der Waals surface area contributed by atoms with Gasteiger partial charge in [0.25, 0.3) is 5.91 Å². The molecule has 22 heavy (non-hydrogen) atoms. The number of amides is 1. The van der Waals surface area contributed by atoms with Crippen molar-refractivity contribution in [3.8, 4) is 0 Å². The Morgan fingerprint density at radius 2 is 2.05 bits per heavy atom. The molecule has 0 fully saturated rings. The summed E-state index contributed by atoms with van der Waals surface area (Å²) in [6.07, 6.45) is 1.78. The van der Waals surface area contributed by atoms with Gasteiger partial charge in [-0.3, -0.25) is 9.78 Å². The summed E-state index contributed by atoms with van der Waals surface area (Å²) in [7, 11) is 0. The van der Waals surface area contributed by atoms with Crippen molar-refractivity contribution in [1.29, 1.82) is 0 Å². The second kappa shape index (κ2) is 9.46. The molecule has 0 bridgehead atoms. The first kappa shape index (κ1) is 20.4. The van der Waals surface area contributed by atoms with Crippen LogP contribution < -0.4 is 11.1 Å². The lowest BCUT2D eigenvalue weighted by Crippen LogP contribution is -2.29. The Kier molecular flexibility index (Phi) is 8.79. The smallest absolute Gasteiger partial charge is 0.253 e. The van der Waals surface area contributed by atoms with E-state index in [2.05, 4.69) is 14.9 Å². The molecular weight excluding hydrogens is 323 g/mol. The summed E-state index contributed by atoms with van der Waals surface area (Å²) in [5.41, 5.74) is 9.07. The van der Waals surface area contributed by atoms with Crippen molar-refractivity contribution < 1.29 is 4.79 Å². The molecule has 0 aromatic carbocycles. The number of rotatable bonds is 5. The molecule has 2 rings (SSSR count). The molecule has 122 valence electrons. The molecule has 0 radical (unpaired) electrons. The fourth-order valence-corrected chi connectivity index (χ4v) is 2.21. The van der Waals surface area contributed by atoms with E-state index in [0.717, 1.165) is 17.1 Å². The van der Waals surface area contributed by atoms with Crippen LogP contribution in [0.15, 0.2) is 30.5 Å². The number of nitrogens with two attached hydrogens (primary N) is 1. The highest BCUT2D eigenvalue weighted by atomic mass is 35.5. The van der Waals surface area contributed by atoms with Crippen molar-refractivity contribution in [2.75, 3.05) is 13.1 Å². The number of hydrogen-bond acceptors (Lipinski definition) is 3. The summed E-state index contributed by atoms with van der Waals surface area (Å²) in [4.78, 5) is 16.4. The predicted molar refractivity (Wildman–Crippen MR) is 93.1 cm³/mol. The van der Waals surface area contributed by atoms with E-state index in [-0.39, 0.29) is 30.7 Å². The van der Waals surface area contributed by atoms with Crippen LogP contribution in [0.2, 0.25) is 0 Å². The summed E-state index contributed by atoms with van der Waals surface area (Å²) < 4.78 is 2.10. The quantitative estimate of drug-likeness (QED) is 0.871. The lowest BCUT2D eigenvalue weighted by Gasteiger charge is -2.09. The number of aromatic nitrogens is 2. The summed E-state index contributed by atoms with van der Waals surface area (Å²) in [6, 6.07) is 7.74. The molecule has 3 N–H and O–H groups in total. The molecule has 5 nitrogen and oxygen atoms in total. The second-order valence-corrected chi connectivity index (χ2v) is 4.74. The average Bonchev–Trinajstić information content (AvgIpc) is 2.74. The van der Waals surface area contributed by atoms with E-state index in [1.807, 2.05) is 38.1 Å². The minimum Gasteiger partial charge on any atom is -0.351 e. The number of aryl methyl sites for hydroxylation is 1. The Labute approximate surface area is 143 Å². The topological polar surface area (TPSA) is 72.9 Å². The number of carbonyl (C=O) groups excluding carboxylic acids is 1. The molecule has 1 amide bonds. The van der Waals surface area contributed by atoms with Crippen LogP contribution in [-0.2, 0) is 6.54 Å². The summed E-state index contributed by atoms with van der Waals surface area (Å²) in [5.74, 6) is -0.0733. The Morgan fingerprint density at radius 1 is 1.32 bits per heavy atom. The number of hydrogen-bond donors (Lipinski definition) is 2. The number of halogens is 2. The second-order valence-electron chi connectivity index (χ2n) is 4.74. The first-order valence-electron chi connectivity index (χ1n) is 6.68. The Balaban J connectivity index is 0.00000220. The van der Waals surface area contributed by atoms with Gasteiger partial charge >= 0.3 is 0 Å². The zero-order valence-electron chi connectivity index (χ0n) is 12.7. The van der Waals surface area contributed by atoms with Gasteiger partial charge in [0.05, 0.1) is 17.8 Å². The van der Waals surface area contributed by atoms with Gasteiger partial charge in [-0.15, -0.1) is 24.8 Å². The zero-order valence-corrected chi connectivity index (χ0v) is 14.3. The highest BCUT2D eigenvalue weighted by Crippen LogP contribution is 2.16. The SMILES string of the molecule is Cc1cc(C(=O)NCCN)c(C)n1Cc1ccccn1.Cl.Cl. The summed E-state index contributed by atoms with van der Waals surface area (Å²) in [5, 5.41) is 2.80. The van der Waals surface area contributed by atoms with E-state index in [1.165, 1.54) is 0 Å². The first-order valence-corrected chi connectivity index (χ1v) is 6.68. The molecule has 2 heterocycles. The van der Waals surface area contributed by atoms with Gasteiger partial charge in [-0.2, -0.15) is 0 Å². The van der Waals surface area contributed by atoms with E-state index in [4.69, 9.17) is 5.73 Å². The van der Waals surface area contributed by atoms with Gasteiger partial charge in [0.15, 0.2) is 0 Å². The molecule has 0 aliphatic heterocycles. The third kappa shape index (κ3) is 4.73. The van der Waals surface area contributed by atoms with Crippen LogP contribution in [-0.4, -0.2) is 28.5 Å². The van der Waals surface area contributed by atoms with Gasteiger partial charge in [0.1, 0.15) is 0 Å². The molecule has 0 aliphatic carbocycles. The maximum absolute atomic E-state index is 12.0. The molecule has 0 aliphatic rings. The Hall–Kier alpha value is -1.56. The molecule has 2 aromatic rings. The largest absolute Gasteiger partial charge is 0.351 e. The first-order chi connectivity index (χ1) is 9.63. The molecule has 0 unspecified atom stereocenters. The highest BCUT2D eigenvalue weighted by Gasteiger charge is 2.15. The van der Waals surface area contributed by atoms with Crippen molar-refractivity contribution >= 4 is 30.7 Å². The van der Waals surface area contributed by atoms with E-state index in [0.29, 0.717) is 25.2 Å². The molecular formula is C15H22Cl2N4O. The van der Waals surface area contributed by atoms with Crippen molar-refractivity contribution in [1.82, 2.24) is 14.9 Å². The van der Waals surface area contributed by atoms with Gasteiger partial charge in [-0.1, -0.05) is 6.07 Å². The standard InChI is InChI=1S/C15H20N4O.2ClH/c1-11-9-14(15(20)18-8-6-16)12(2)19(11)10-13-5-3-4-7-17-13;;/h3-5,7,9H,6,8,10,16H2,1-2H3,(H,18,20);2*1H. The Bertz CT molecular complexity index is 599. The average molecular weight is 345 g/mol. The zero-order chi connectivity index (χ0) is 14.5. The third-order valence-electron chi connectivity index (χ3n) is 3.29. The monoisotopic (exact) mass is 344 g/mol. The molecule has 0 atom stereocenters. The van der Waals surface area contributed by atoms with Crippen molar-refractivity contribution in [3.63, 3.8) is 0 Å². The molecule has 0 saturated carbocycles. The number of pyridine rings is 1. The van der Waals surface area contributed by atoms with Gasteiger partial charge in [0, 0.05) is 30.7 Å². The maximum atomic E-state index is 12.0. The van der Waals surface area contributed by atoms with Gasteiger partial charge < -0.3 is 15.6 Å². The third-order valence-corrected chi connectivity index (χ3v) is 3.29. The minimum absolute atomic E-state index is 0. The predicted octanol–water partition coefficient (Wildman–Crippen LogP) is 2.08. The summed E-state index contributed by atoms with van der Waals surface area (Å²) >= 11 is 0.